The van der Waals surface area contributed by atoms with Gasteiger partial charge in [-0.25, -0.2) is 0 Å². The van der Waals surface area contributed by atoms with Crippen LogP contribution in [0.15, 0.2) is 42.5 Å². The number of unbranched alkanes of at least 4 members (excludes halogenated alkanes) is 2. The summed E-state index contributed by atoms with van der Waals surface area (Å²) in [7, 11) is 0. The zero-order chi connectivity index (χ0) is 17.2. The molecule has 1 heterocycles. The highest BCUT2D eigenvalue weighted by atomic mass is 16.3. The molecule has 1 N–H and O–H groups in total. The summed E-state index contributed by atoms with van der Waals surface area (Å²) >= 11 is 0. The summed E-state index contributed by atoms with van der Waals surface area (Å²) < 4.78 is 0. The number of hydrogen-bond acceptors (Lipinski definition) is 3. The number of benzene rings is 2. The second-order valence-electron chi connectivity index (χ2n) is 7.02. The van der Waals surface area contributed by atoms with Gasteiger partial charge < -0.3 is 5.11 Å². The lowest BCUT2D eigenvalue weighted by Gasteiger charge is -2.25. The lowest BCUT2D eigenvalue weighted by Crippen LogP contribution is -2.17. The first-order valence-corrected chi connectivity index (χ1v) is 8.67. The number of hydrogen-bond donors (Lipinski definition) is 1. The zero-order valence-corrected chi connectivity index (χ0v) is 14.7. The highest BCUT2D eigenvalue weighted by molar-refractivity contribution is 5.73. The van der Waals surface area contributed by atoms with E-state index in [-0.39, 0.29) is 11.2 Å². The third kappa shape index (κ3) is 3.28. The Bertz CT molecular complexity index is 803. The van der Waals surface area contributed by atoms with Crippen LogP contribution < -0.4 is 0 Å². The Kier molecular flexibility index (Phi) is 4.56. The fourth-order valence-corrected chi connectivity index (χ4v) is 3.04. The van der Waals surface area contributed by atoms with Crippen molar-refractivity contribution in [1.82, 2.24) is 15.0 Å². The van der Waals surface area contributed by atoms with Crippen LogP contribution >= 0.6 is 0 Å². The minimum Gasteiger partial charge on any atom is -0.506 e. The molecule has 0 atom stereocenters. The first-order chi connectivity index (χ1) is 11.5. The van der Waals surface area contributed by atoms with Crippen molar-refractivity contribution in [3.63, 3.8) is 0 Å². The van der Waals surface area contributed by atoms with Gasteiger partial charge in [0.15, 0.2) is 0 Å². The fourth-order valence-electron chi connectivity index (χ4n) is 3.04. The van der Waals surface area contributed by atoms with Gasteiger partial charge in [-0.2, -0.15) is 0 Å². The molecule has 0 unspecified atom stereocenters. The maximum atomic E-state index is 10.5. The van der Waals surface area contributed by atoms with Crippen LogP contribution in [-0.4, -0.2) is 20.1 Å². The summed E-state index contributed by atoms with van der Waals surface area (Å²) in [5, 5.41) is 19.4. The molecule has 0 fully saturated rings. The molecule has 24 heavy (non-hydrogen) atoms. The number of aromatic nitrogens is 3. The van der Waals surface area contributed by atoms with Gasteiger partial charge in [-0.3, -0.25) is 0 Å². The molecular weight excluding hydrogens is 298 g/mol. The van der Waals surface area contributed by atoms with Gasteiger partial charge in [0.1, 0.15) is 22.5 Å². The lowest BCUT2D eigenvalue weighted by molar-refractivity contribution is 0.438. The Morgan fingerprint density at radius 2 is 1.67 bits per heavy atom. The Balaban J connectivity index is 1.89. The molecule has 0 radical (unpaired) electrons. The van der Waals surface area contributed by atoms with E-state index in [1.807, 2.05) is 36.4 Å². The van der Waals surface area contributed by atoms with E-state index in [9.17, 15) is 5.11 Å². The largest absolute Gasteiger partial charge is 0.506 e. The molecule has 3 rings (SSSR count). The van der Waals surface area contributed by atoms with Gasteiger partial charge in [0.25, 0.3) is 0 Å². The Morgan fingerprint density at radius 3 is 2.25 bits per heavy atom. The van der Waals surface area contributed by atoms with Crippen LogP contribution in [0.2, 0.25) is 0 Å². The number of fused-ring (bicyclic) bond motifs is 1. The standard InChI is InChI=1S/C20H25N3O/c1-4-5-8-13-20(2,3)15-11-12-18(19(24)14-15)23-21-16-9-6-7-10-17(16)22-23/h6-7,9-12,14,24H,4-5,8,13H2,1-3H3. The molecule has 0 saturated carbocycles. The highest BCUT2D eigenvalue weighted by Crippen LogP contribution is 2.33. The van der Waals surface area contributed by atoms with Gasteiger partial charge in [-0.05, 0) is 41.7 Å². The van der Waals surface area contributed by atoms with Crippen molar-refractivity contribution >= 4 is 11.0 Å². The minimum absolute atomic E-state index is 0.0490. The van der Waals surface area contributed by atoms with E-state index in [4.69, 9.17) is 0 Å². The molecule has 0 aliphatic carbocycles. The minimum atomic E-state index is 0.0490. The van der Waals surface area contributed by atoms with Crippen molar-refractivity contribution in [1.29, 1.82) is 0 Å². The molecule has 0 spiro atoms. The summed E-state index contributed by atoms with van der Waals surface area (Å²) in [6.07, 6.45) is 4.79. The highest BCUT2D eigenvalue weighted by Gasteiger charge is 2.21. The predicted octanol–water partition coefficient (Wildman–Crippen LogP) is 4.98. The van der Waals surface area contributed by atoms with E-state index >= 15 is 0 Å². The third-order valence-corrected chi connectivity index (χ3v) is 4.66. The smallest absolute Gasteiger partial charge is 0.143 e. The number of nitrogens with zero attached hydrogens (tertiary/aromatic N) is 3. The van der Waals surface area contributed by atoms with Gasteiger partial charge in [0.2, 0.25) is 0 Å². The van der Waals surface area contributed by atoms with E-state index in [2.05, 4.69) is 37.0 Å². The van der Waals surface area contributed by atoms with Crippen molar-refractivity contribution < 1.29 is 5.11 Å². The molecule has 3 aromatic rings. The lowest BCUT2D eigenvalue weighted by atomic mass is 9.80. The number of rotatable bonds is 6. The summed E-state index contributed by atoms with van der Waals surface area (Å²) in [4.78, 5) is 1.51. The second kappa shape index (κ2) is 6.63. The molecule has 4 nitrogen and oxygen atoms in total. The monoisotopic (exact) mass is 323 g/mol. The average Bonchev–Trinajstić information content (AvgIpc) is 2.98. The van der Waals surface area contributed by atoms with E-state index in [0.717, 1.165) is 23.0 Å². The molecule has 0 aliphatic heterocycles. The van der Waals surface area contributed by atoms with Crippen molar-refractivity contribution in [2.45, 2.75) is 51.9 Å². The van der Waals surface area contributed by atoms with Gasteiger partial charge in [0, 0.05) is 0 Å². The molecule has 126 valence electrons. The maximum absolute atomic E-state index is 10.5. The molecule has 0 amide bonds. The second-order valence-corrected chi connectivity index (χ2v) is 7.02. The Hall–Kier alpha value is -2.36. The zero-order valence-electron chi connectivity index (χ0n) is 14.7. The van der Waals surface area contributed by atoms with E-state index in [1.165, 1.54) is 24.1 Å². The molecule has 0 aliphatic rings. The van der Waals surface area contributed by atoms with Crippen molar-refractivity contribution in [2.75, 3.05) is 0 Å². The van der Waals surface area contributed by atoms with Crippen molar-refractivity contribution in [3.05, 3.63) is 48.0 Å². The predicted molar refractivity (Wildman–Crippen MR) is 97.7 cm³/mol. The topological polar surface area (TPSA) is 50.9 Å². The van der Waals surface area contributed by atoms with Crippen LogP contribution in [0.5, 0.6) is 5.75 Å². The fraction of sp³-hybridized carbons (Fsp3) is 0.400. The van der Waals surface area contributed by atoms with Crippen LogP contribution in [0.25, 0.3) is 16.7 Å². The summed E-state index contributed by atoms with van der Waals surface area (Å²) in [5.41, 5.74) is 3.45. The van der Waals surface area contributed by atoms with Crippen molar-refractivity contribution in [2.24, 2.45) is 0 Å². The SMILES string of the molecule is CCCCCC(C)(C)c1ccc(-n2nc3ccccc3n2)c(O)c1. The third-order valence-electron chi connectivity index (χ3n) is 4.66. The number of phenolic OH excluding ortho intramolecular Hbond substituents is 1. The maximum Gasteiger partial charge on any atom is 0.143 e. The van der Waals surface area contributed by atoms with Gasteiger partial charge in [-0.15, -0.1) is 15.0 Å². The molecule has 4 heteroatoms. The summed E-state index contributed by atoms with van der Waals surface area (Å²) in [6, 6.07) is 13.5. The van der Waals surface area contributed by atoms with E-state index in [0.29, 0.717) is 5.69 Å². The number of aromatic hydroxyl groups is 1. The van der Waals surface area contributed by atoms with Gasteiger partial charge in [-0.1, -0.05) is 58.2 Å². The van der Waals surface area contributed by atoms with Crippen molar-refractivity contribution in [3.8, 4) is 11.4 Å². The Morgan fingerprint density at radius 1 is 1.00 bits per heavy atom. The Labute approximate surface area is 143 Å². The molecule has 0 bridgehead atoms. The molecule has 0 saturated heterocycles. The average molecular weight is 323 g/mol. The first-order valence-electron chi connectivity index (χ1n) is 8.67. The van der Waals surface area contributed by atoms with Crippen LogP contribution in [0.4, 0.5) is 0 Å². The normalized spacial score (nSPS) is 12.0. The van der Waals surface area contributed by atoms with Crippen LogP contribution in [0.1, 0.15) is 52.0 Å². The first kappa shape index (κ1) is 16.5. The molecular formula is C20H25N3O. The van der Waals surface area contributed by atoms with Crippen LogP contribution in [0.3, 0.4) is 0 Å². The number of phenols is 1. The summed E-state index contributed by atoms with van der Waals surface area (Å²) in [6.45, 7) is 6.68. The van der Waals surface area contributed by atoms with Crippen LogP contribution in [-0.2, 0) is 5.41 Å². The molecule has 2 aromatic carbocycles. The van der Waals surface area contributed by atoms with Gasteiger partial charge in [0.05, 0.1) is 0 Å². The van der Waals surface area contributed by atoms with Gasteiger partial charge >= 0.3 is 0 Å². The summed E-state index contributed by atoms with van der Waals surface area (Å²) in [5.74, 6) is 0.219. The molecule has 1 aromatic heterocycles. The van der Waals surface area contributed by atoms with Crippen LogP contribution in [0, 0.1) is 0 Å². The van der Waals surface area contributed by atoms with E-state index < -0.39 is 0 Å². The van der Waals surface area contributed by atoms with E-state index in [1.54, 1.807) is 0 Å². The quantitative estimate of drug-likeness (QED) is 0.651.